The normalized spacial score (nSPS) is 25.1. The third kappa shape index (κ3) is 4.60. The molecule has 1 N–H and O–H groups in total. The first-order chi connectivity index (χ1) is 16.5. The van der Waals surface area contributed by atoms with Gasteiger partial charge in [0.25, 0.3) is 10.1 Å². The molecule has 2 bridgehead atoms. The van der Waals surface area contributed by atoms with E-state index in [0.717, 1.165) is 47.7 Å². The minimum Gasteiger partial charge on any atom is -0.508 e. The first kappa shape index (κ1) is 23.4. The molecule has 3 aliphatic heterocycles. The summed E-state index contributed by atoms with van der Waals surface area (Å²) in [6.07, 6.45) is 3.23. The van der Waals surface area contributed by atoms with E-state index in [4.69, 9.17) is 13.7 Å². The van der Waals surface area contributed by atoms with Crippen molar-refractivity contribution in [3.05, 3.63) is 59.7 Å². The SMILES string of the molecule is COS(=O)(=O)[C@@H]1C[C@@H]2O[C@H]1C(c1ccc(OCCN3CCCCC3)cc1)=C2c1ccc(O)cc1. The highest BCUT2D eigenvalue weighted by Crippen LogP contribution is 2.50. The molecule has 0 aliphatic carbocycles. The average Bonchev–Trinajstić information content (AvgIpc) is 3.45. The van der Waals surface area contributed by atoms with Gasteiger partial charge in [-0.1, -0.05) is 30.7 Å². The van der Waals surface area contributed by atoms with E-state index in [1.165, 1.54) is 26.4 Å². The number of likely N-dealkylation sites (tertiary alicyclic amines) is 1. The van der Waals surface area contributed by atoms with Crippen LogP contribution >= 0.6 is 0 Å². The fourth-order valence-electron chi connectivity index (χ4n) is 5.32. The van der Waals surface area contributed by atoms with Crippen molar-refractivity contribution >= 4 is 21.3 Å². The third-order valence-corrected chi connectivity index (χ3v) is 8.71. The lowest BCUT2D eigenvalue weighted by Crippen LogP contribution is -2.33. The fraction of sp³-hybridized carbons (Fsp3) is 0.462. The molecule has 0 spiro atoms. The molecule has 0 amide bonds. The van der Waals surface area contributed by atoms with E-state index in [1.807, 2.05) is 36.4 Å². The first-order valence-corrected chi connectivity index (χ1v) is 13.4. The van der Waals surface area contributed by atoms with E-state index < -0.39 is 21.5 Å². The van der Waals surface area contributed by atoms with Crippen LogP contribution in [0.1, 0.15) is 36.8 Å². The number of hydrogen-bond acceptors (Lipinski definition) is 7. The maximum absolute atomic E-state index is 12.6. The zero-order chi connectivity index (χ0) is 23.7. The fourth-order valence-corrected chi connectivity index (χ4v) is 6.48. The molecule has 3 heterocycles. The van der Waals surface area contributed by atoms with Crippen LogP contribution in [0.3, 0.4) is 0 Å². The lowest BCUT2D eigenvalue weighted by atomic mass is 9.83. The van der Waals surface area contributed by atoms with Gasteiger partial charge in [0, 0.05) is 6.54 Å². The Bertz CT molecular complexity index is 1140. The largest absolute Gasteiger partial charge is 0.508 e. The van der Waals surface area contributed by atoms with Crippen LogP contribution in [-0.2, 0) is 19.0 Å². The molecule has 2 fully saturated rings. The van der Waals surface area contributed by atoms with Crippen LogP contribution in [0.5, 0.6) is 11.5 Å². The molecule has 182 valence electrons. The number of hydrogen-bond donors (Lipinski definition) is 1. The molecule has 0 saturated carbocycles. The van der Waals surface area contributed by atoms with Crippen LogP contribution in [0.2, 0.25) is 0 Å². The second-order valence-electron chi connectivity index (χ2n) is 9.13. The van der Waals surface area contributed by atoms with Gasteiger partial charge in [-0.15, -0.1) is 0 Å². The standard InChI is InChI=1S/C26H31NO6S/c1-31-34(29,30)23-17-22-24(18-5-9-20(28)10-6-18)25(26(23)33-22)19-7-11-21(12-8-19)32-16-15-27-13-3-2-4-14-27/h5-12,22-23,26,28H,2-4,13-17H2,1H3/t22-,23+,26+/m0/s1. The van der Waals surface area contributed by atoms with Gasteiger partial charge in [-0.3, -0.25) is 9.08 Å². The summed E-state index contributed by atoms with van der Waals surface area (Å²) in [6.45, 7) is 3.85. The van der Waals surface area contributed by atoms with E-state index in [9.17, 15) is 13.5 Å². The number of aromatic hydroxyl groups is 1. The number of nitrogens with zero attached hydrogens (tertiary/aromatic N) is 1. The Hall–Kier alpha value is -2.39. The van der Waals surface area contributed by atoms with Gasteiger partial charge in [0.2, 0.25) is 0 Å². The van der Waals surface area contributed by atoms with Crippen LogP contribution < -0.4 is 4.74 Å². The molecule has 34 heavy (non-hydrogen) atoms. The molecule has 7 nitrogen and oxygen atoms in total. The summed E-state index contributed by atoms with van der Waals surface area (Å²) in [5.74, 6) is 0.971. The maximum atomic E-state index is 12.6. The third-order valence-electron chi connectivity index (χ3n) is 7.06. The Kier molecular flexibility index (Phi) is 6.66. The summed E-state index contributed by atoms with van der Waals surface area (Å²) in [6, 6.07) is 14.7. The van der Waals surface area contributed by atoms with Gasteiger partial charge in [0.15, 0.2) is 0 Å². The molecular weight excluding hydrogens is 454 g/mol. The molecule has 5 rings (SSSR count). The zero-order valence-electron chi connectivity index (χ0n) is 19.4. The number of ether oxygens (including phenoxy) is 2. The van der Waals surface area contributed by atoms with Crippen molar-refractivity contribution in [2.75, 3.05) is 33.4 Å². The predicted octanol–water partition coefficient (Wildman–Crippen LogP) is 3.68. The van der Waals surface area contributed by atoms with Crippen molar-refractivity contribution in [1.29, 1.82) is 0 Å². The van der Waals surface area contributed by atoms with Crippen molar-refractivity contribution in [2.45, 2.75) is 43.1 Å². The topological polar surface area (TPSA) is 85.3 Å². The van der Waals surface area contributed by atoms with E-state index in [0.29, 0.717) is 13.0 Å². The number of benzene rings is 2. The lowest BCUT2D eigenvalue weighted by Gasteiger charge is -2.26. The van der Waals surface area contributed by atoms with Crippen LogP contribution in [0.15, 0.2) is 48.5 Å². The molecule has 3 atom stereocenters. The quantitative estimate of drug-likeness (QED) is 0.571. The molecule has 0 radical (unpaired) electrons. The van der Waals surface area contributed by atoms with E-state index >= 15 is 0 Å². The second kappa shape index (κ2) is 9.70. The molecule has 0 aromatic heterocycles. The van der Waals surface area contributed by atoms with E-state index in [1.54, 1.807) is 12.1 Å². The lowest BCUT2D eigenvalue weighted by molar-refractivity contribution is 0.127. The molecule has 2 aromatic rings. The van der Waals surface area contributed by atoms with Gasteiger partial charge < -0.3 is 14.6 Å². The van der Waals surface area contributed by atoms with Crippen LogP contribution in [-0.4, -0.2) is 69.2 Å². The Morgan fingerprint density at radius 2 is 1.62 bits per heavy atom. The number of piperidine rings is 1. The van der Waals surface area contributed by atoms with Crippen LogP contribution in [0, 0.1) is 0 Å². The predicted molar refractivity (Wildman–Crippen MR) is 130 cm³/mol. The van der Waals surface area contributed by atoms with Gasteiger partial charge in [0.05, 0.1) is 13.2 Å². The van der Waals surface area contributed by atoms with Crippen molar-refractivity contribution in [3.63, 3.8) is 0 Å². The highest BCUT2D eigenvalue weighted by atomic mass is 32.2. The number of phenols is 1. The monoisotopic (exact) mass is 485 g/mol. The van der Waals surface area contributed by atoms with Crippen LogP contribution in [0.25, 0.3) is 11.1 Å². The van der Waals surface area contributed by atoms with Gasteiger partial charge >= 0.3 is 0 Å². The number of fused-ring (bicyclic) bond motifs is 2. The molecule has 2 saturated heterocycles. The highest BCUT2D eigenvalue weighted by molar-refractivity contribution is 7.87. The first-order valence-electron chi connectivity index (χ1n) is 11.9. The summed E-state index contributed by atoms with van der Waals surface area (Å²) in [4.78, 5) is 2.44. The van der Waals surface area contributed by atoms with Crippen molar-refractivity contribution in [2.24, 2.45) is 0 Å². The maximum Gasteiger partial charge on any atom is 0.273 e. The van der Waals surface area contributed by atoms with Crippen molar-refractivity contribution in [3.8, 4) is 11.5 Å². The summed E-state index contributed by atoms with van der Waals surface area (Å²) in [5, 5.41) is 8.97. The van der Waals surface area contributed by atoms with Crippen molar-refractivity contribution in [1.82, 2.24) is 4.90 Å². The average molecular weight is 486 g/mol. The minimum absolute atomic E-state index is 0.181. The van der Waals surface area contributed by atoms with E-state index in [2.05, 4.69) is 4.90 Å². The highest BCUT2D eigenvalue weighted by Gasteiger charge is 2.53. The summed E-state index contributed by atoms with van der Waals surface area (Å²) in [5.41, 5.74) is 3.63. The van der Waals surface area contributed by atoms with Crippen LogP contribution in [0.4, 0.5) is 0 Å². The molecule has 2 aromatic carbocycles. The van der Waals surface area contributed by atoms with Gasteiger partial charge in [-0.25, -0.2) is 0 Å². The Morgan fingerprint density at radius 1 is 0.971 bits per heavy atom. The second-order valence-corrected chi connectivity index (χ2v) is 11.1. The number of phenolic OH excluding ortho intramolecular Hbond substituents is 1. The van der Waals surface area contributed by atoms with Gasteiger partial charge in [-0.05, 0) is 78.9 Å². The smallest absolute Gasteiger partial charge is 0.273 e. The molecule has 8 heteroatoms. The van der Waals surface area contributed by atoms with Crippen molar-refractivity contribution < 1.29 is 27.2 Å². The Labute approximate surface area is 201 Å². The Morgan fingerprint density at radius 3 is 2.29 bits per heavy atom. The number of rotatable bonds is 8. The summed E-state index contributed by atoms with van der Waals surface area (Å²) < 4.78 is 42.1. The minimum atomic E-state index is -3.74. The molecular formula is C26H31NO6S. The zero-order valence-corrected chi connectivity index (χ0v) is 20.2. The summed E-state index contributed by atoms with van der Waals surface area (Å²) in [7, 11) is -2.55. The molecule has 3 aliphatic rings. The van der Waals surface area contributed by atoms with E-state index in [-0.39, 0.29) is 11.9 Å². The Balaban J connectivity index is 1.39. The summed E-state index contributed by atoms with van der Waals surface area (Å²) >= 11 is 0. The van der Waals surface area contributed by atoms with Gasteiger partial charge in [-0.2, -0.15) is 8.42 Å². The molecule has 0 unspecified atom stereocenters. The van der Waals surface area contributed by atoms with Gasteiger partial charge in [0.1, 0.15) is 29.5 Å².